The second-order valence-electron chi connectivity index (χ2n) is 10.1. The van der Waals surface area contributed by atoms with E-state index in [1.165, 1.54) is 5.56 Å². The first-order valence-corrected chi connectivity index (χ1v) is 13.0. The number of hydrogen-bond donors (Lipinski definition) is 2. The summed E-state index contributed by atoms with van der Waals surface area (Å²) in [6.07, 6.45) is 2.52. The molecule has 0 spiro atoms. The summed E-state index contributed by atoms with van der Waals surface area (Å²) in [4.78, 5) is 4.96. The number of aryl methyl sites for hydroxylation is 2. The van der Waals surface area contributed by atoms with Crippen LogP contribution in [0, 0.1) is 13.8 Å². The fourth-order valence-electron chi connectivity index (χ4n) is 5.77. The predicted molar refractivity (Wildman–Crippen MR) is 146 cm³/mol. The smallest absolute Gasteiger partial charge is 0.179 e. The average Bonchev–Trinajstić information content (AvgIpc) is 3.27. The third-order valence-electron chi connectivity index (χ3n) is 7.70. The molecule has 0 radical (unpaired) electrons. The highest BCUT2D eigenvalue weighted by molar-refractivity contribution is 5.94. The molecule has 0 bridgehead atoms. The number of benzene rings is 3. The third kappa shape index (κ3) is 4.39. The molecule has 1 aliphatic rings. The Morgan fingerprint density at radius 1 is 0.946 bits per heavy atom. The van der Waals surface area contributed by atoms with E-state index in [0.717, 1.165) is 47.8 Å². The molecule has 5 nitrogen and oxygen atoms in total. The molecular formula is C32H31NO4. The van der Waals surface area contributed by atoms with E-state index in [1.807, 2.05) is 50.2 Å². The van der Waals surface area contributed by atoms with Crippen molar-refractivity contribution in [3.05, 3.63) is 95.1 Å². The number of hydrogen-bond acceptors (Lipinski definition) is 5. The highest BCUT2D eigenvalue weighted by atomic mass is 16.5. The Morgan fingerprint density at radius 3 is 2.51 bits per heavy atom. The molecule has 1 fully saturated rings. The summed E-state index contributed by atoms with van der Waals surface area (Å²) < 4.78 is 12.8. The zero-order valence-corrected chi connectivity index (χ0v) is 21.1. The first-order valence-electron chi connectivity index (χ1n) is 13.0. The Labute approximate surface area is 216 Å². The summed E-state index contributed by atoms with van der Waals surface area (Å²) in [6.45, 7) is 3.98. The van der Waals surface area contributed by atoms with Crippen molar-refractivity contribution in [2.75, 3.05) is 0 Å². The number of fused-ring (bicyclic) bond motifs is 2. The minimum absolute atomic E-state index is 0.0471. The summed E-state index contributed by atoms with van der Waals surface area (Å²) in [6, 6.07) is 24.1. The molecule has 37 heavy (non-hydrogen) atoms. The number of ether oxygens (including phenoxy) is 1. The van der Waals surface area contributed by atoms with E-state index in [0.29, 0.717) is 39.6 Å². The van der Waals surface area contributed by atoms with Crippen molar-refractivity contribution in [3.63, 3.8) is 0 Å². The van der Waals surface area contributed by atoms with Crippen LogP contribution in [-0.2, 0) is 0 Å². The molecule has 188 valence electrons. The molecular weight excluding hydrogens is 462 g/mol. The average molecular weight is 494 g/mol. The largest absolute Gasteiger partial charge is 0.490 e. The lowest BCUT2D eigenvalue weighted by molar-refractivity contribution is -0.0414. The molecule has 3 aromatic carbocycles. The topological polar surface area (TPSA) is 75.7 Å². The van der Waals surface area contributed by atoms with E-state index in [-0.39, 0.29) is 6.10 Å². The maximum atomic E-state index is 10.5. The predicted octanol–water partition coefficient (Wildman–Crippen LogP) is 7.35. The normalized spacial score (nSPS) is 18.1. The molecule has 2 heterocycles. The Hall–Kier alpha value is -3.67. The van der Waals surface area contributed by atoms with Gasteiger partial charge in [-0.15, -0.1) is 0 Å². The van der Waals surface area contributed by atoms with E-state index in [9.17, 15) is 10.2 Å². The number of pyridine rings is 1. The number of nitrogens with zero attached hydrogens (tertiary/aromatic N) is 1. The van der Waals surface area contributed by atoms with Crippen molar-refractivity contribution in [3.8, 4) is 17.2 Å². The quantitative estimate of drug-likeness (QED) is 0.250. The SMILES string of the molecule is Cc1c(-c2cc(C(O)O)c3c(O[C@@H]4CCC[C@H](c5ccccc5)C4)ccc(C)c3n2)oc2ccccc12. The van der Waals surface area contributed by atoms with Crippen LogP contribution in [0.25, 0.3) is 33.3 Å². The van der Waals surface area contributed by atoms with Crippen LogP contribution in [0.3, 0.4) is 0 Å². The van der Waals surface area contributed by atoms with Crippen LogP contribution in [0.2, 0.25) is 0 Å². The first-order chi connectivity index (χ1) is 18.0. The molecule has 5 aromatic rings. The number of furan rings is 1. The molecule has 2 atom stereocenters. The molecule has 1 saturated carbocycles. The zero-order valence-electron chi connectivity index (χ0n) is 21.1. The van der Waals surface area contributed by atoms with E-state index in [1.54, 1.807) is 6.07 Å². The van der Waals surface area contributed by atoms with Crippen molar-refractivity contribution in [2.24, 2.45) is 0 Å². The van der Waals surface area contributed by atoms with Gasteiger partial charge in [-0.3, -0.25) is 0 Å². The molecule has 2 N–H and O–H groups in total. The number of rotatable bonds is 5. The van der Waals surface area contributed by atoms with Crippen LogP contribution < -0.4 is 4.74 Å². The van der Waals surface area contributed by atoms with E-state index >= 15 is 0 Å². The van der Waals surface area contributed by atoms with Gasteiger partial charge in [0.2, 0.25) is 0 Å². The summed E-state index contributed by atoms with van der Waals surface area (Å²) in [5.74, 6) is 1.73. The number of aromatic nitrogens is 1. The molecule has 0 saturated heterocycles. The lowest BCUT2D eigenvalue weighted by Gasteiger charge is -2.30. The fourth-order valence-corrected chi connectivity index (χ4v) is 5.77. The Bertz CT molecular complexity index is 1570. The monoisotopic (exact) mass is 493 g/mol. The molecule has 2 aromatic heterocycles. The maximum absolute atomic E-state index is 10.5. The van der Waals surface area contributed by atoms with Crippen LogP contribution >= 0.6 is 0 Å². The number of para-hydroxylation sites is 1. The van der Waals surface area contributed by atoms with Gasteiger partial charge in [-0.1, -0.05) is 54.6 Å². The second kappa shape index (κ2) is 9.66. The molecule has 0 unspecified atom stereocenters. The Balaban J connectivity index is 1.41. The first kappa shape index (κ1) is 23.7. The van der Waals surface area contributed by atoms with Crippen molar-refractivity contribution < 1.29 is 19.4 Å². The standard InChI is InChI=1S/C32H31NO4/c1-19-15-16-28(36-23-12-8-11-22(17-23)21-9-4-3-5-10-21)29-25(32(34)35)18-26(33-30(19)29)31-20(2)24-13-6-7-14-27(24)37-31/h3-7,9-10,13-16,18,22-23,32,34-35H,8,11-12,17H2,1-2H3/t22-,23+/m0/s1. The minimum Gasteiger partial charge on any atom is -0.490 e. The fraction of sp³-hybridized carbons (Fsp3) is 0.281. The van der Waals surface area contributed by atoms with E-state index in [4.69, 9.17) is 14.1 Å². The van der Waals surface area contributed by atoms with Crippen molar-refractivity contribution in [1.82, 2.24) is 4.98 Å². The van der Waals surface area contributed by atoms with Gasteiger partial charge in [0.1, 0.15) is 17.0 Å². The van der Waals surface area contributed by atoms with Crippen LogP contribution in [0.4, 0.5) is 0 Å². The Morgan fingerprint density at radius 2 is 1.73 bits per heavy atom. The zero-order chi connectivity index (χ0) is 25.5. The van der Waals surface area contributed by atoms with Gasteiger partial charge in [0.25, 0.3) is 0 Å². The summed E-state index contributed by atoms with van der Waals surface area (Å²) in [5.41, 5.74) is 5.67. The highest BCUT2D eigenvalue weighted by Crippen LogP contribution is 2.41. The lowest BCUT2D eigenvalue weighted by atomic mass is 9.82. The van der Waals surface area contributed by atoms with Gasteiger partial charge in [-0.05, 0) is 74.8 Å². The van der Waals surface area contributed by atoms with Crippen LogP contribution in [-0.4, -0.2) is 21.3 Å². The van der Waals surface area contributed by atoms with Gasteiger partial charge < -0.3 is 19.4 Å². The van der Waals surface area contributed by atoms with Crippen molar-refractivity contribution in [2.45, 2.75) is 57.8 Å². The number of aliphatic hydroxyl groups excluding tert-OH is 1. The van der Waals surface area contributed by atoms with Crippen molar-refractivity contribution in [1.29, 1.82) is 0 Å². The lowest BCUT2D eigenvalue weighted by Crippen LogP contribution is -2.24. The van der Waals surface area contributed by atoms with Gasteiger partial charge in [0, 0.05) is 16.5 Å². The molecule has 1 aliphatic carbocycles. The van der Waals surface area contributed by atoms with Crippen LogP contribution in [0.5, 0.6) is 5.75 Å². The van der Waals surface area contributed by atoms with Gasteiger partial charge in [-0.25, -0.2) is 4.98 Å². The minimum atomic E-state index is -1.68. The third-order valence-corrected chi connectivity index (χ3v) is 7.70. The number of aliphatic hydroxyl groups is 2. The van der Waals surface area contributed by atoms with E-state index < -0.39 is 6.29 Å². The summed E-state index contributed by atoms with van der Waals surface area (Å²) in [5, 5.41) is 22.6. The van der Waals surface area contributed by atoms with E-state index in [2.05, 4.69) is 30.3 Å². The Kier molecular flexibility index (Phi) is 6.19. The van der Waals surface area contributed by atoms with Gasteiger partial charge in [0.15, 0.2) is 12.1 Å². The van der Waals surface area contributed by atoms with Gasteiger partial charge in [0.05, 0.1) is 17.0 Å². The summed E-state index contributed by atoms with van der Waals surface area (Å²) in [7, 11) is 0. The van der Waals surface area contributed by atoms with Gasteiger partial charge in [-0.2, -0.15) is 0 Å². The molecule has 6 rings (SSSR count). The van der Waals surface area contributed by atoms with Crippen LogP contribution in [0.15, 0.2) is 77.2 Å². The second-order valence-corrected chi connectivity index (χ2v) is 10.1. The van der Waals surface area contributed by atoms with Gasteiger partial charge >= 0.3 is 0 Å². The molecule has 5 heteroatoms. The highest BCUT2D eigenvalue weighted by Gasteiger charge is 2.27. The van der Waals surface area contributed by atoms with Crippen LogP contribution in [0.1, 0.15) is 60.1 Å². The maximum Gasteiger partial charge on any atom is 0.179 e. The molecule has 0 aliphatic heterocycles. The molecule has 0 amide bonds. The summed E-state index contributed by atoms with van der Waals surface area (Å²) >= 11 is 0. The van der Waals surface area contributed by atoms with Crippen molar-refractivity contribution >= 4 is 21.9 Å².